The summed E-state index contributed by atoms with van der Waals surface area (Å²) in [7, 11) is 0. The minimum Gasteiger partial charge on any atom is -0.423 e. The Balaban J connectivity index is 1.62. The normalized spacial score (nSPS) is 18.7. The van der Waals surface area contributed by atoms with Gasteiger partial charge in [-0.25, -0.2) is 14.1 Å². The van der Waals surface area contributed by atoms with Gasteiger partial charge in [0.2, 0.25) is 0 Å². The van der Waals surface area contributed by atoms with Crippen molar-refractivity contribution < 1.29 is 8.81 Å². The Labute approximate surface area is 132 Å². The van der Waals surface area contributed by atoms with Crippen LogP contribution in [0.5, 0.6) is 0 Å². The van der Waals surface area contributed by atoms with Gasteiger partial charge in [-0.05, 0) is 38.8 Å². The Hall–Kier alpha value is -2.44. The molecule has 4 rings (SSSR count). The largest absolute Gasteiger partial charge is 0.423 e. The number of anilines is 1. The third-order valence-corrected chi connectivity index (χ3v) is 4.26. The zero-order valence-electron chi connectivity index (χ0n) is 13.2. The van der Waals surface area contributed by atoms with Gasteiger partial charge in [0.05, 0.1) is 6.04 Å². The number of halogens is 1. The van der Waals surface area contributed by atoms with Gasteiger partial charge in [0.25, 0.3) is 6.01 Å². The van der Waals surface area contributed by atoms with E-state index in [1.165, 1.54) is 12.1 Å². The molecule has 1 fully saturated rings. The highest BCUT2D eigenvalue weighted by Crippen LogP contribution is 2.28. The first kappa shape index (κ1) is 14.2. The summed E-state index contributed by atoms with van der Waals surface area (Å²) >= 11 is 0. The van der Waals surface area contributed by atoms with Gasteiger partial charge in [0.1, 0.15) is 23.0 Å². The van der Waals surface area contributed by atoms with E-state index in [9.17, 15) is 4.39 Å². The topological polar surface area (TPSA) is 60.0 Å². The van der Waals surface area contributed by atoms with Crippen LogP contribution in [-0.2, 0) is 0 Å². The van der Waals surface area contributed by atoms with E-state index in [1.807, 2.05) is 18.5 Å². The summed E-state index contributed by atoms with van der Waals surface area (Å²) in [5.41, 5.74) is 1.16. The number of benzene rings is 1. The molecule has 3 aromatic rings. The molecule has 1 atom stereocenters. The predicted molar refractivity (Wildman–Crippen MR) is 83.9 cm³/mol. The molecule has 0 N–H and O–H groups in total. The highest BCUT2D eigenvalue weighted by molar-refractivity contribution is 5.74. The molecule has 23 heavy (non-hydrogen) atoms. The molecular formula is C16H18FN5O. The molecule has 2 aromatic heterocycles. The maximum absolute atomic E-state index is 13.3. The van der Waals surface area contributed by atoms with Gasteiger partial charge in [0, 0.05) is 19.2 Å². The van der Waals surface area contributed by atoms with Gasteiger partial charge in [-0.1, -0.05) is 0 Å². The second-order valence-corrected chi connectivity index (χ2v) is 6.00. The average Bonchev–Trinajstić information content (AvgIpc) is 3.10. The molecule has 0 radical (unpaired) electrons. The third-order valence-electron chi connectivity index (χ3n) is 4.26. The van der Waals surface area contributed by atoms with E-state index in [1.54, 1.807) is 6.07 Å². The van der Waals surface area contributed by atoms with Crippen LogP contribution in [0.2, 0.25) is 0 Å². The lowest BCUT2D eigenvalue weighted by molar-refractivity contribution is 0.356. The van der Waals surface area contributed by atoms with Crippen LogP contribution in [0.15, 0.2) is 22.6 Å². The van der Waals surface area contributed by atoms with E-state index in [0.717, 1.165) is 37.6 Å². The van der Waals surface area contributed by atoms with E-state index in [0.29, 0.717) is 17.1 Å². The maximum atomic E-state index is 13.3. The maximum Gasteiger partial charge on any atom is 0.298 e. The molecule has 7 heteroatoms. The Bertz CT molecular complexity index is 855. The van der Waals surface area contributed by atoms with E-state index in [4.69, 9.17) is 4.42 Å². The summed E-state index contributed by atoms with van der Waals surface area (Å²) in [5.74, 6) is 1.40. The van der Waals surface area contributed by atoms with Gasteiger partial charge >= 0.3 is 0 Å². The second-order valence-electron chi connectivity index (χ2n) is 6.00. The molecule has 3 heterocycles. The van der Waals surface area contributed by atoms with Crippen molar-refractivity contribution in [1.29, 1.82) is 0 Å². The van der Waals surface area contributed by atoms with Crippen LogP contribution in [0.3, 0.4) is 0 Å². The van der Waals surface area contributed by atoms with Crippen LogP contribution >= 0.6 is 0 Å². The van der Waals surface area contributed by atoms with Crippen molar-refractivity contribution >= 4 is 17.1 Å². The summed E-state index contributed by atoms with van der Waals surface area (Å²) in [6.07, 6.45) is 2.07. The lowest BCUT2D eigenvalue weighted by Crippen LogP contribution is -2.37. The highest BCUT2D eigenvalue weighted by Gasteiger charge is 2.26. The predicted octanol–water partition coefficient (Wildman–Crippen LogP) is 3.02. The number of hydrogen-bond donors (Lipinski definition) is 0. The fraction of sp³-hybridized carbons (Fsp3) is 0.438. The number of fused-ring (bicyclic) bond motifs is 1. The fourth-order valence-electron chi connectivity index (χ4n) is 3.23. The second kappa shape index (κ2) is 5.33. The van der Waals surface area contributed by atoms with Crippen molar-refractivity contribution in [2.45, 2.75) is 32.7 Å². The molecule has 1 saturated heterocycles. The standard InChI is InChI=1S/C16H18FN5O/c1-10-18-11(2)22(20-10)13-4-3-7-21(9-13)16-19-14-6-5-12(17)8-15(14)23-16/h5-6,8,13H,3-4,7,9H2,1-2H3. The number of nitrogens with zero attached hydrogens (tertiary/aromatic N) is 5. The summed E-state index contributed by atoms with van der Waals surface area (Å²) in [4.78, 5) is 11.0. The lowest BCUT2D eigenvalue weighted by Gasteiger charge is -2.31. The number of aromatic nitrogens is 4. The quantitative estimate of drug-likeness (QED) is 0.727. The van der Waals surface area contributed by atoms with E-state index < -0.39 is 0 Å². The minimum absolute atomic E-state index is 0.247. The van der Waals surface area contributed by atoms with Crippen LogP contribution in [0.4, 0.5) is 10.4 Å². The Kier molecular flexibility index (Phi) is 3.28. The van der Waals surface area contributed by atoms with Crippen molar-refractivity contribution in [3.05, 3.63) is 35.7 Å². The Morgan fingerprint density at radius 3 is 2.91 bits per heavy atom. The van der Waals surface area contributed by atoms with Crippen LogP contribution in [0, 0.1) is 19.7 Å². The number of rotatable bonds is 2. The number of oxazole rings is 1. The third kappa shape index (κ3) is 2.56. The summed E-state index contributed by atoms with van der Waals surface area (Å²) in [6, 6.07) is 5.21. The van der Waals surface area contributed by atoms with Crippen molar-refractivity contribution in [2.24, 2.45) is 0 Å². The van der Waals surface area contributed by atoms with Gasteiger partial charge in [0.15, 0.2) is 5.58 Å². The first-order valence-corrected chi connectivity index (χ1v) is 7.81. The van der Waals surface area contributed by atoms with Crippen molar-refractivity contribution in [3.63, 3.8) is 0 Å². The van der Waals surface area contributed by atoms with E-state index >= 15 is 0 Å². The fourth-order valence-corrected chi connectivity index (χ4v) is 3.23. The number of aryl methyl sites for hydroxylation is 2. The van der Waals surface area contributed by atoms with Gasteiger partial charge in [-0.15, -0.1) is 0 Å². The van der Waals surface area contributed by atoms with Crippen LogP contribution in [0.25, 0.3) is 11.1 Å². The van der Waals surface area contributed by atoms with Crippen molar-refractivity contribution in [2.75, 3.05) is 18.0 Å². The van der Waals surface area contributed by atoms with Gasteiger partial charge in [-0.2, -0.15) is 10.1 Å². The molecule has 0 saturated carbocycles. The highest BCUT2D eigenvalue weighted by atomic mass is 19.1. The van der Waals surface area contributed by atoms with Crippen molar-refractivity contribution in [3.8, 4) is 0 Å². The molecule has 1 aliphatic rings. The van der Waals surface area contributed by atoms with Gasteiger partial charge < -0.3 is 9.32 Å². The monoisotopic (exact) mass is 315 g/mol. The first-order valence-electron chi connectivity index (χ1n) is 7.81. The molecule has 0 spiro atoms. The molecule has 1 aromatic carbocycles. The van der Waals surface area contributed by atoms with Crippen molar-refractivity contribution in [1.82, 2.24) is 19.7 Å². The molecular weight excluding hydrogens is 297 g/mol. The molecule has 1 unspecified atom stereocenters. The SMILES string of the molecule is Cc1nc(C)n(C2CCCN(c3nc4ccc(F)cc4o3)C2)n1. The van der Waals surface area contributed by atoms with Crippen LogP contribution < -0.4 is 4.90 Å². The smallest absolute Gasteiger partial charge is 0.298 e. The number of piperidine rings is 1. The average molecular weight is 315 g/mol. The van der Waals surface area contributed by atoms with E-state index in [2.05, 4.69) is 20.0 Å². The Morgan fingerprint density at radius 1 is 1.26 bits per heavy atom. The minimum atomic E-state index is -0.314. The molecule has 0 aliphatic carbocycles. The zero-order chi connectivity index (χ0) is 16.0. The molecule has 1 aliphatic heterocycles. The van der Waals surface area contributed by atoms with Crippen LogP contribution in [0.1, 0.15) is 30.5 Å². The van der Waals surface area contributed by atoms with Crippen LogP contribution in [-0.4, -0.2) is 32.8 Å². The van der Waals surface area contributed by atoms with Gasteiger partial charge in [-0.3, -0.25) is 0 Å². The zero-order valence-corrected chi connectivity index (χ0v) is 13.2. The lowest BCUT2D eigenvalue weighted by atomic mass is 10.1. The van der Waals surface area contributed by atoms with E-state index in [-0.39, 0.29) is 11.9 Å². The first-order chi connectivity index (χ1) is 11.1. The molecule has 0 bridgehead atoms. The summed E-state index contributed by atoms with van der Waals surface area (Å²) in [6.45, 7) is 5.51. The summed E-state index contributed by atoms with van der Waals surface area (Å²) < 4.78 is 21.0. The summed E-state index contributed by atoms with van der Waals surface area (Å²) in [5, 5.41) is 4.49. The molecule has 0 amide bonds. The molecule has 6 nitrogen and oxygen atoms in total. The number of hydrogen-bond acceptors (Lipinski definition) is 5. The molecule has 120 valence electrons. The Morgan fingerprint density at radius 2 is 2.13 bits per heavy atom.